The van der Waals surface area contributed by atoms with E-state index >= 15 is 0 Å². The van der Waals surface area contributed by atoms with Crippen LogP contribution < -0.4 is 5.32 Å². The van der Waals surface area contributed by atoms with Crippen LogP contribution in [0.25, 0.3) is 11.4 Å². The van der Waals surface area contributed by atoms with Gasteiger partial charge in [0.1, 0.15) is 6.04 Å². The lowest BCUT2D eigenvalue weighted by molar-refractivity contribution is -0.126. The summed E-state index contributed by atoms with van der Waals surface area (Å²) in [5.41, 5.74) is 0.834. The molecule has 2 aromatic heterocycles. The predicted octanol–water partition coefficient (Wildman–Crippen LogP) is 2.67. The average Bonchev–Trinajstić information content (AvgIpc) is 3.06. The van der Waals surface area contributed by atoms with Gasteiger partial charge in [-0.15, -0.1) is 0 Å². The zero-order valence-electron chi connectivity index (χ0n) is 12.4. The summed E-state index contributed by atoms with van der Waals surface area (Å²) in [5, 5.41) is 6.90. The van der Waals surface area contributed by atoms with Gasteiger partial charge in [-0.25, -0.2) is 0 Å². The highest BCUT2D eigenvalue weighted by Gasteiger charge is 2.23. The zero-order chi connectivity index (χ0) is 15.4. The molecule has 0 unspecified atom stereocenters. The van der Waals surface area contributed by atoms with Gasteiger partial charge < -0.3 is 9.84 Å². The number of allylic oxidation sites excluding steroid dienone is 2. The summed E-state index contributed by atoms with van der Waals surface area (Å²) in [6, 6.07) is 3.32. The summed E-state index contributed by atoms with van der Waals surface area (Å²) in [5.74, 6) is 0.987. The molecule has 0 aromatic carbocycles. The summed E-state index contributed by atoms with van der Waals surface area (Å²) in [6.07, 6.45) is 10.2. The van der Waals surface area contributed by atoms with E-state index in [1.807, 2.05) is 19.1 Å². The molecule has 22 heavy (non-hydrogen) atoms. The first-order chi connectivity index (χ1) is 10.7. The Balaban J connectivity index is 1.65. The fraction of sp³-hybridized carbons (Fsp3) is 0.375. The lowest BCUT2D eigenvalue weighted by Crippen LogP contribution is -2.33. The van der Waals surface area contributed by atoms with E-state index in [0.29, 0.717) is 11.7 Å². The molecule has 2 heterocycles. The number of hydrogen-bond donors (Lipinski definition) is 1. The van der Waals surface area contributed by atoms with Gasteiger partial charge in [-0.1, -0.05) is 17.3 Å². The second-order valence-electron chi connectivity index (χ2n) is 5.40. The monoisotopic (exact) mass is 298 g/mol. The molecular weight excluding hydrogens is 280 g/mol. The maximum Gasteiger partial charge on any atom is 0.249 e. The van der Waals surface area contributed by atoms with E-state index in [0.717, 1.165) is 24.8 Å². The van der Waals surface area contributed by atoms with E-state index in [2.05, 4.69) is 32.6 Å². The van der Waals surface area contributed by atoms with Gasteiger partial charge in [0.25, 0.3) is 0 Å². The van der Waals surface area contributed by atoms with Crippen molar-refractivity contribution in [3.63, 3.8) is 0 Å². The maximum atomic E-state index is 12.2. The Hall–Kier alpha value is -2.50. The van der Waals surface area contributed by atoms with Crippen LogP contribution >= 0.6 is 0 Å². The molecule has 0 radical (unpaired) electrons. The van der Waals surface area contributed by atoms with E-state index in [-0.39, 0.29) is 17.9 Å². The topological polar surface area (TPSA) is 80.9 Å². The predicted molar refractivity (Wildman–Crippen MR) is 80.6 cm³/mol. The molecule has 0 saturated heterocycles. The smallest absolute Gasteiger partial charge is 0.249 e. The van der Waals surface area contributed by atoms with Gasteiger partial charge >= 0.3 is 0 Å². The summed E-state index contributed by atoms with van der Waals surface area (Å²) in [7, 11) is 0. The highest BCUT2D eigenvalue weighted by atomic mass is 16.5. The van der Waals surface area contributed by atoms with E-state index < -0.39 is 0 Å². The van der Waals surface area contributed by atoms with Crippen LogP contribution in [0.4, 0.5) is 0 Å². The minimum Gasteiger partial charge on any atom is -0.344 e. The minimum absolute atomic E-state index is 0.0371. The Kier molecular flexibility index (Phi) is 4.27. The largest absolute Gasteiger partial charge is 0.344 e. The van der Waals surface area contributed by atoms with Gasteiger partial charge in [0.05, 0.1) is 0 Å². The minimum atomic E-state index is -0.304. The third-order valence-electron chi connectivity index (χ3n) is 3.75. The van der Waals surface area contributed by atoms with Crippen molar-refractivity contribution in [3.05, 3.63) is 42.6 Å². The number of rotatable bonds is 4. The Morgan fingerprint density at radius 1 is 1.36 bits per heavy atom. The van der Waals surface area contributed by atoms with Crippen molar-refractivity contribution in [2.45, 2.75) is 32.2 Å². The van der Waals surface area contributed by atoms with Crippen LogP contribution in [-0.4, -0.2) is 21.0 Å². The molecule has 0 bridgehead atoms. The molecule has 1 N–H and O–H groups in total. The average molecular weight is 298 g/mol. The highest BCUT2D eigenvalue weighted by molar-refractivity contribution is 5.79. The second kappa shape index (κ2) is 6.51. The van der Waals surface area contributed by atoms with Gasteiger partial charge in [0, 0.05) is 23.9 Å². The molecular formula is C16H18N4O2. The van der Waals surface area contributed by atoms with Gasteiger partial charge in [-0.2, -0.15) is 4.98 Å². The van der Waals surface area contributed by atoms with Crippen molar-refractivity contribution >= 4 is 5.91 Å². The number of hydrogen-bond acceptors (Lipinski definition) is 5. The molecule has 114 valence electrons. The first-order valence-electron chi connectivity index (χ1n) is 7.43. The molecule has 1 amide bonds. The van der Waals surface area contributed by atoms with Crippen molar-refractivity contribution in [1.29, 1.82) is 0 Å². The molecule has 6 heteroatoms. The molecule has 2 aromatic rings. The molecule has 0 fully saturated rings. The molecule has 0 aliphatic heterocycles. The summed E-state index contributed by atoms with van der Waals surface area (Å²) in [4.78, 5) is 20.5. The van der Waals surface area contributed by atoms with Gasteiger partial charge in [-0.05, 0) is 38.3 Å². The Morgan fingerprint density at radius 2 is 2.18 bits per heavy atom. The normalized spacial score (nSPS) is 18.9. The van der Waals surface area contributed by atoms with Crippen LogP contribution in [0.5, 0.6) is 0 Å². The molecule has 3 rings (SSSR count). The van der Waals surface area contributed by atoms with Crippen LogP contribution in [0, 0.1) is 5.92 Å². The molecule has 1 aliphatic rings. The number of carbonyl (C=O) groups is 1. The number of aromatic nitrogens is 3. The van der Waals surface area contributed by atoms with E-state index in [1.54, 1.807) is 12.4 Å². The van der Waals surface area contributed by atoms with Crippen molar-refractivity contribution in [2.24, 2.45) is 5.92 Å². The lowest BCUT2D eigenvalue weighted by atomic mass is 9.93. The van der Waals surface area contributed by atoms with Crippen molar-refractivity contribution in [3.8, 4) is 11.4 Å². The van der Waals surface area contributed by atoms with Crippen LogP contribution in [0.3, 0.4) is 0 Å². The van der Waals surface area contributed by atoms with Gasteiger partial charge in [0.15, 0.2) is 0 Å². The summed E-state index contributed by atoms with van der Waals surface area (Å²) >= 11 is 0. The maximum absolute atomic E-state index is 12.2. The van der Waals surface area contributed by atoms with Crippen LogP contribution in [0.15, 0.2) is 41.2 Å². The first-order valence-corrected chi connectivity index (χ1v) is 7.43. The second-order valence-corrected chi connectivity index (χ2v) is 5.40. The fourth-order valence-electron chi connectivity index (χ4n) is 2.45. The Bertz CT molecular complexity index is 666. The van der Waals surface area contributed by atoms with Crippen LogP contribution in [-0.2, 0) is 4.79 Å². The third-order valence-corrected chi connectivity index (χ3v) is 3.75. The number of nitrogens with zero attached hydrogens (tertiary/aromatic N) is 3. The van der Waals surface area contributed by atoms with Crippen molar-refractivity contribution in [1.82, 2.24) is 20.4 Å². The van der Waals surface area contributed by atoms with Crippen molar-refractivity contribution in [2.75, 3.05) is 0 Å². The summed E-state index contributed by atoms with van der Waals surface area (Å²) < 4.78 is 5.26. The van der Waals surface area contributed by atoms with Crippen LogP contribution in [0.2, 0.25) is 0 Å². The fourth-order valence-corrected chi connectivity index (χ4v) is 2.45. The molecule has 0 spiro atoms. The van der Waals surface area contributed by atoms with E-state index in [1.165, 1.54) is 0 Å². The third kappa shape index (κ3) is 3.21. The lowest BCUT2D eigenvalue weighted by Gasteiger charge is -2.19. The Labute approximate surface area is 128 Å². The van der Waals surface area contributed by atoms with Gasteiger partial charge in [0.2, 0.25) is 17.6 Å². The molecule has 2 atom stereocenters. The quantitative estimate of drug-likeness (QED) is 0.878. The molecule has 6 nitrogen and oxygen atoms in total. The highest BCUT2D eigenvalue weighted by Crippen LogP contribution is 2.21. The standard InChI is InChI=1S/C16H18N4O2/c1-11(18-15(21)13-5-3-2-4-6-13)16-19-14(20-22-16)12-7-9-17-10-8-12/h2-3,7-11,13H,4-6H2,1H3,(H,18,21)/t11-,13-/m0/s1. The van der Waals surface area contributed by atoms with Crippen LogP contribution in [0.1, 0.15) is 38.1 Å². The Morgan fingerprint density at radius 3 is 2.91 bits per heavy atom. The zero-order valence-corrected chi connectivity index (χ0v) is 12.4. The van der Waals surface area contributed by atoms with E-state index in [9.17, 15) is 4.79 Å². The first kappa shape index (κ1) is 14.4. The number of amides is 1. The number of nitrogens with one attached hydrogen (secondary N) is 1. The van der Waals surface area contributed by atoms with E-state index in [4.69, 9.17) is 4.52 Å². The SMILES string of the molecule is C[C@H](NC(=O)[C@H]1CC=CCC1)c1nc(-c2ccncc2)no1. The molecule has 1 aliphatic carbocycles. The molecule has 0 saturated carbocycles. The number of pyridine rings is 1. The number of carbonyl (C=O) groups excluding carboxylic acids is 1. The van der Waals surface area contributed by atoms with Crippen molar-refractivity contribution < 1.29 is 9.32 Å². The van der Waals surface area contributed by atoms with Gasteiger partial charge in [-0.3, -0.25) is 9.78 Å². The summed E-state index contributed by atoms with van der Waals surface area (Å²) in [6.45, 7) is 1.85.